The Hall–Kier alpha value is -1.55. The molecule has 1 saturated heterocycles. The van der Waals surface area contributed by atoms with Crippen molar-refractivity contribution < 1.29 is 0 Å². The number of nitrogens with zero attached hydrogens (tertiary/aromatic N) is 5. The molecule has 0 saturated carbocycles. The molecule has 5 nitrogen and oxygen atoms in total. The van der Waals surface area contributed by atoms with E-state index in [1.54, 1.807) is 0 Å². The van der Waals surface area contributed by atoms with Crippen LogP contribution in [-0.4, -0.2) is 49.6 Å². The first-order valence-corrected chi connectivity index (χ1v) is 6.33. The van der Waals surface area contributed by atoms with Crippen LogP contribution in [-0.2, 0) is 6.42 Å². The molecule has 0 aliphatic carbocycles. The van der Waals surface area contributed by atoms with Crippen LogP contribution in [0.25, 0.3) is 10.4 Å². The third kappa shape index (κ3) is 3.74. The SMILES string of the molecule is CN1CCN(CCc2ccc(N=[N+]=[N-])cc2)CC1. The van der Waals surface area contributed by atoms with Crippen LogP contribution in [0.3, 0.4) is 0 Å². The molecule has 5 heteroatoms. The number of piperazine rings is 1. The van der Waals surface area contributed by atoms with Gasteiger partial charge in [0.1, 0.15) is 0 Å². The zero-order chi connectivity index (χ0) is 12.8. The van der Waals surface area contributed by atoms with Crippen LogP contribution >= 0.6 is 0 Å². The molecule has 0 atom stereocenters. The molecular weight excluding hydrogens is 226 g/mol. The topological polar surface area (TPSA) is 55.2 Å². The average Bonchev–Trinajstić information content (AvgIpc) is 2.40. The van der Waals surface area contributed by atoms with E-state index in [9.17, 15) is 0 Å². The summed E-state index contributed by atoms with van der Waals surface area (Å²) in [6.45, 7) is 5.75. The Morgan fingerprint density at radius 3 is 2.44 bits per heavy atom. The number of likely N-dealkylation sites (N-methyl/N-ethyl adjacent to an activating group) is 1. The molecular formula is C13H19N5. The van der Waals surface area contributed by atoms with Crippen molar-refractivity contribution in [3.8, 4) is 0 Å². The van der Waals surface area contributed by atoms with Crippen molar-refractivity contribution in [1.82, 2.24) is 9.80 Å². The molecule has 1 aliphatic heterocycles. The zero-order valence-corrected chi connectivity index (χ0v) is 10.8. The highest BCUT2D eigenvalue weighted by Gasteiger charge is 2.12. The van der Waals surface area contributed by atoms with E-state index in [1.165, 1.54) is 5.56 Å². The van der Waals surface area contributed by atoms with Gasteiger partial charge in [0.25, 0.3) is 0 Å². The molecule has 2 rings (SSSR count). The quantitative estimate of drug-likeness (QED) is 0.464. The Labute approximate surface area is 108 Å². The predicted molar refractivity (Wildman–Crippen MR) is 72.9 cm³/mol. The van der Waals surface area contributed by atoms with Crippen molar-refractivity contribution >= 4 is 5.69 Å². The average molecular weight is 245 g/mol. The molecule has 18 heavy (non-hydrogen) atoms. The summed E-state index contributed by atoms with van der Waals surface area (Å²) >= 11 is 0. The highest BCUT2D eigenvalue weighted by Crippen LogP contribution is 2.13. The fraction of sp³-hybridized carbons (Fsp3) is 0.538. The second-order valence-corrected chi connectivity index (χ2v) is 4.75. The minimum Gasteiger partial charge on any atom is -0.304 e. The molecule has 0 spiro atoms. The van der Waals surface area contributed by atoms with Crippen LogP contribution < -0.4 is 0 Å². The van der Waals surface area contributed by atoms with Crippen LogP contribution in [0, 0.1) is 0 Å². The van der Waals surface area contributed by atoms with Gasteiger partial charge in [-0.15, -0.1) is 0 Å². The Morgan fingerprint density at radius 1 is 1.17 bits per heavy atom. The number of hydrogen-bond acceptors (Lipinski definition) is 3. The zero-order valence-electron chi connectivity index (χ0n) is 10.8. The van der Waals surface area contributed by atoms with Crippen LogP contribution in [0.2, 0.25) is 0 Å². The maximum atomic E-state index is 8.33. The second kappa shape index (κ2) is 6.40. The largest absolute Gasteiger partial charge is 0.304 e. The van der Waals surface area contributed by atoms with Gasteiger partial charge in [-0.3, -0.25) is 0 Å². The molecule has 0 aromatic heterocycles. The fourth-order valence-corrected chi connectivity index (χ4v) is 2.14. The molecule has 0 N–H and O–H groups in total. The first-order chi connectivity index (χ1) is 8.78. The highest BCUT2D eigenvalue weighted by molar-refractivity contribution is 5.38. The van der Waals surface area contributed by atoms with Crippen molar-refractivity contribution in [3.05, 3.63) is 40.3 Å². The van der Waals surface area contributed by atoms with Gasteiger partial charge in [0.15, 0.2) is 0 Å². The van der Waals surface area contributed by atoms with Gasteiger partial charge in [0, 0.05) is 43.3 Å². The van der Waals surface area contributed by atoms with Gasteiger partial charge in [0.05, 0.1) is 0 Å². The van der Waals surface area contributed by atoms with Crippen molar-refractivity contribution in [3.63, 3.8) is 0 Å². The van der Waals surface area contributed by atoms with Crippen LogP contribution in [0.4, 0.5) is 5.69 Å². The summed E-state index contributed by atoms with van der Waals surface area (Å²) in [5.41, 5.74) is 10.3. The van der Waals surface area contributed by atoms with Gasteiger partial charge in [-0.05, 0) is 24.6 Å². The third-order valence-corrected chi connectivity index (χ3v) is 3.41. The van der Waals surface area contributed by atoms with Crippen LogP contribution in [0.1, 0.15) is 5.56 Å². The molecule has 1 heterocycles. The number of rotatable bonds is 4. The summed E-state index contributed by atoms with van der Waals surface area (Å²) in [5, 5.41) is 3.57. The number of azide groups is 1. The molecule has 0 bridgehead atoms. The van der Waals surface area contributed by atoms with E-state index in [0.29, 0.717) is 5.69 Å². The Bertz CT molecular complexity index is 414. The molecule has 0 amide bonds. The molecule has 96 valence electrons. The molecule has 0 radical (unpaired) electrons. The molecule has 1 fully saturated rings. The summed E-state index contributed by atoms with van der Waals surface area (Å²) in [5.74, 6) is 0. The van der Waals surface area contributed by atoms with E-state index in [1.807, 2.05) is 24.3 Å². The van der Waals surface area contributed by atoms with E-state index in [2.05, 4.69) is 26.9 Å². The monoisotopic (exact) mass is 245 g/mol. The number of hydrogen-bond donors (Lipinski definition) is 0. The predicted octanol–water partition coefficient (Wildman–Crippen LogP) is 2.42. The van der Waals surface area contributed by atoms with Gasteiger partial charge < -0.3 is 9.80 Å². The van der Waals surface area contributed by atoms with E-state index in [0.717, 1.165) is 39.1 Å². The Balaban J connectivity index is 1.81. The van der Waals surface area contributed by atoms with E-state index in [-0.39, 0.29) is 0 Å². The molecule has 0 unspecified atom stereocenters. The van der Waals surface area contributed by atoms with Crippen molar-refractivity contribution in [1.29, 1.82) is 0 Å². The lowest BCUT2D eigenvalue weighted by Gasteiger charge is -2.32. The third-order valence-electron chi connectivity index (χ3n) is 3.41. The minimum absolute atomic E-state index is 0.681. The first kappa shape index (κ1) is 12.9. The fourth-order valence-electron chi connectivity index (χ4n) is 2.14. The smallest absolute Gasteiger partial charge is 0.0375 e. The normalized spacial score (nSPS) is 17.4. The van der Waals surface area contributed by atoms with Crippen molar-refractivity contribution in [2.24, 2.45) is 5.11 Å². The van der Waals surface area contributed by atoms with Gasteiger partial charge in [-0.1, -0.05) is 29.4 Å². The van der Waals surface area contributed by atoms with Gasteiger partial charge in [-0.25, -0.2) is 0 Å². The molecule has 1 aromatic carbocycles. The first-order valence-electron chi connectivity index (χ1n) is 6.33. The standard InChI is InChI=1S/C13H19N5/c1-17-8-10-18(11-9-17)7-6-12-2-4-13(5-3-12)15-16-14/h2-5H,6-11H2,1H3. The Morgan fingerprint density at radius 2 is 1.83 bits per heavy atom. The lowest BCUT2D eigenvalue weighted by molar-refractivity contribution is 0.155. The Kier molecular flexibility index (Phi) is 4.59. The summed E-state index contributed by atoms with van der Waals surface area (Å²) in [6.07, 6.45) is 1.06. The summed E-state index contributed by atoms with van der Waals surface area (Å²) in [7, 11) is 2.17. The highest BCUT2D eigenvalue weighted by atomic mass is 15.2. The van der Waals surface area contributed by atoms with Gasteiger partial charge in [-0.2, -0.15) is 0 Å². The van der Waals surface area contributed by atoms with E-state index in [4.69, 9.17) is 5.53 Å². The number of benzene rings is 1. The summed E-state index contributed by atoms with van der Waals surface area (Å²) < 4.78 is 0. The lowest BCUT2D eigenvalue weighted by atomic mass is 10.1. The maximum absolute atomic E-state index is 8.33. The van der Waals surface area contributed by atoms with Crippen molar-refractivity contribution in [2.45, 2.75) is 6.42 Å². The van der Waals surface area contributed by atoms with E-state index >= 15 is 0 Å². The van der Waals surface area contributed by atoms with Crippen LogP contribution in [0.15, 0.2) is 29.4 Å². The van der Waals surface area contributed by atoms with E-state index < -0.39 is 0 Å². The summed E-state index contributed by atoms with van der Waals surface area (Å²) in [6, 6.07) is 7.83. The lowest BCUT2D eigenvalue weighted by Crippen LogP contribution is -2.45. The van der Waals surface area contributed by atoms with Crippen molar-refractivity contribution in [2.75, 3.05) is 39.8 Å². The minimum atomic E-state index is 0.681. The summed E-state index contributed by atoms with van der Waals surface area (Å²) in [4.78, 5) is 7.64. The second-order valence-electron chi connectivity index (χ2n) is 4.75. The van der Waals surface area contributed by atoms with Crippen LogP contribution in [0.5, 0.6) is 0 Å². The maximum Gasteiger partial charge on any atom is 0.0375 e. The van der Waals surface area contributed by atoms with Gasteiger partial charge >= 0.3 is 0 Å². The molecule has 1 aliphatic rings. The van der Waals surface area contributed by atoms with Gasteiger partial charge in [0.2, 0.25) is 0 Å². The molecule has 1 aromatic rings.